The molecule has 0 unspecified atom stereocenters. The van der Waals surface area contributed by atoms with Crippen LogP contribution >= 0.6 is 0 Å². The number of allylic oxidation sites excluding steroid dienone is 2. The van der Waals surface area contributed by atoms with Crippen molar-refractivity contribution in [2.24, 2.45) is 0 Å². The van der Waals surface area contributed by atoms with Gasteiger partial charge in [0.2, 0.25) is 0 Å². The van der Waals surface area contributed by atoms with Crippen LogP contribution in [-0.4, -0.2) is 48.8 Å². The Kier molecular flexibility index (Phi) is 4.82. The average molecular weight is 369 g/mol. The number of alkyl halides is 1. The van der Waals surface area contributed by atoms with Gasteiger partial charge in [0.05, 0.1) is 6.67 Å². The second-order valence-corrected chi connectivity index (χ2v) is 7.43. The molecule has 0 spiro atoms. The van der Waals surface area contributed by atoms with Gasteiger partial charge in [-0.2, -0.15) is 0 Å². The normalized spacial score (nSPS) is 25.9. The van der Waals surface area contributed by atoms with Crippen LogP contribution in [0, 0.1) is 17.5 Å². The first-order valence-corrected chi connectivity index (χ1v) is 9.23. The van der Waals surface area contributed by atoms with Gasteiger partial charge in [-0.25, -0.2) is 17.6 Å². The van der Waals surface area contributed by atoms with E-state index in [1.165, 1.54) is 0 Å². The Balaban J connectivity index is 1.41. The van der Waals surface area contributed by atoms with Gasteiger partial charge in [0.15, 0.2) is 11.6 Å². The van der Waals surface area contributed by atoms with E-state index in [0.717, 1.165) is 49.5 Å². The summed E-state index contributed by atoms with van der Waals surface area (Å²) in [5.41, 5.74) is 2.03. The lowest BCUT2D eigenvalue weighted by molar-refractivity contribution is 0.285. The van der Waals surface area contributed by atoms with Crippen LogP contribution < -0.4 is 5.32 Å². The average Bonchev–Trinajstić information content (AvgIpc) is 3.29. The van der Waals surface area contributed by atoms with E-state index in [1.807, 2.05) is 0 Å². The molecule has 3 heterocycles. The number of hydrogen-bond donors (Lipinski definition) is 1. The number of rotatable bonds is 5. The fraction of sp³-hybridized carbons (Fsp3) is 0.579. The van der Waals surface area contributed by atoms with E-state index in [1.54, 1.807) is 0 Å². The molecule has 1 aromatic rings. The number of likely N-dealkylation sites (tertiary alicyclic amines) is 1. The Labute approximate surface area is 150 Å². The second kappa shape index (κ2) is 7.10. The third kappa shape index (κ3) is 3.29. The molecule has 0 aliphatic carbocycles. The Hall–Kier alpha value is -1.76. The predicted octanol–water partition coefficient (Wildman–Crippen LogP) is 3.49. The summed E-state index contributed by atoms with van der Waals surface area (Å²) < 4.78 is 54.9. The van der Waals surface area contributed by atoms with E-state index >= 15 is 0 Å². The summed E-state index contributed by atoms with van der Waals surface area (Å²) in [7, 11) is 0. The zero-order chi connectivity index (χ0) is 18.3. The SMILES string of the molecule is Fc1ccc(F)c([C@H]2CC3=C(CCCN4CC[C@@H](F)C4)NCN3C2)c1F. The summed E-state index contributed by atoms with van der Waals surface area (Å²) in [5, 5.41) is 3.36. The van der Waals surface area contributed by atoms with Crippen molar-refractivity contribution in [2.75, 3.05) is 32.8 Å². The molecule has 142 valence electrons. The third-order valence-corrected chi connectivity index (χ3v) is 5.70. The highest BCUT2D eigenvalue weighted by molar-refractivity contribution is 5.32. The van der Waals surface area contributed by atoms with Crippen LogP contribution in [0.1, 0.15) is 37.2 Å². The largest absolute Gasteiger partial charge is 0.370 e. The molecule has 0 radical (unpaired) electrons. The Bertz CT molecular complexity index is 721. The summed E-state index contributed by atoms with van der Waals surface area (Å²) in [6, 6.07) is 1.83. The zero-order valence-electron chi connectivity index (χ0n) is 14.6. The zero-order valence-corrected chi connectivity index (χ0v) is 14.6. The van der Waals surface area contributed by atoms with Gasteiger partial charge >= 0.3 is 0 Å². The molecule has 3 aliphatic heterocycles. The maximum Gasteiger partial charge on any atom is 0.165 e. The fourth-order valence-electron chi connectivity index (χ4n) is 4.38. The van der Waals surface area contributed by atoms with Crippen LogP contribution in [0.15, 0.2) is 23.5 Å². The number of hydrogen-bond acceptors (Lipinski definition) is 3. The van der Waals surface area contributed by atoms with Crippen LogP contribution in [0.3, 0.4) is 0 Å². The van der Waals surface area contributed by atoms with Crippen molar-refractivity contribution in [1.29, 1.82) is 0 Å². The second-order valence-electron chi connectivity index (χ2n) is 7.43. The molecule has 2 saturated heterocycles. The first kappa shape index (κ1) is 17.6. The summed E-state index contributed by atoms with van der Waals surface area (Å²) in [5.74, 6) is -3.12. The van der Waals surface area contributed by atoms with E-state index in [2.05, 4.69) is 15.1 Å². The molecule has 4 rings (SSSR count). The highest BCUT2D eigenvalue weighted by atomic mass is 19.2. The van der Waals surface area contributed by atoms with Crippen LogP contribution in [0.25, 0.3) is 0 Å². The van der Waals surface area contributed by atoms with Gasteiger partial charge in [0.1, 0.15) is 12.0 Å². The van der Waals surface area contributed by atoms with Crippen LogP contribution in [-0.2, 0) is 0 Å². The highest BCUT2D eigenvalue weighted by Crippen LogP contribution is 2.40. The number of fused-ring (bicyclic) bond motifs is 1. The van der Waals surface area contributed by atoms with Gasteiger partial charge in [0, 0.05) is 42.5 Å². The fourth-order valence-corrected chi connectivity index (χ4v) is 4.38. The summed E-state index contributed by atoms with van der Waals surface area (Å²) in [6.07, 6.45) is 2.17. The molecule has 2 fully saturated rings. The minimum atomic E-state index is -1.07. The lowest BCUT2D eigenvalue weighted by atomic mass is 9.95. The van der Waals surface area contributed by atoms with E-state index in [0.29, 0.717) is 32.6 Å². The maximum atomic E-state index is 14.1. The third-order valence-electron chi connectivity index (χ3n) is 5.70. The van der Waals surface area contributed by atoms with Crippen molar-refractivity contribution in [2.45, 2.75) is 37.8 Å². The van der Waals surface area contributed by atoms with Crippen molar-refractivity contribution in [1.82, 2.24) is 15.1 Å². The number of nitrogens with zero attached hydrogens (tertiary/aromatic N) is 2. The molecule has 1 aromatic carbocycles. The Morgan fingerprint density at radius 1 is 1.12 bits per heavy atom. The topological polar surface area (TPSA) is 18.5 Å². The minimum absolute atomic E-state index is 0.141. The van der Waals surface area contributed by atoms with Crippen LogP contribution in [0.4, 0.5) is 17.6 Å². The number of benzene rings is 1. The van der Waals surface area contributed by atoms with Crippen molar-refractivity contribution in [3.63, 3.8) is 0 Å². The molecular formula is C19H23F4N3. The maximum absolute atomic E-state index is 14.1. The quantitative estimate of drug-likeness (QED) is 0.633. The molecule has 3 aliphatic rings. The molecule has 0 bridgehead atoms. The first-order chi connectivity index (χ1) is 12.5. The summed E-state index contributed by atoms with van der Waals surface area (Å²) >= 11 is 0. The van der Waals surface area contributed by atoms with Gasteiger partial charge in [-0.15, -0.1) is 0 Å². The molecule has 0 aromatic heterocycles. The van der Waals surface area contributed by atoms with E-state index in [4.69, 9.17) is 0 Å². The molecule has 3 nitrogen and oxygen atoms in total. The molecule has 2 atom stereocenters. The Morgan fingerprint density at radius 2 is 1.92 bits per heavy atom. The molecule has 7 heteroatoms. The standard InChI is InChI=1S/C19H23F4N3/c20-13-5-7-25(10-13)6-1-2-16-17-8-12(9-26(17)11-24-16)18-14(21)3-4-15(22)19(18)23/h3-4,12-13,24H,1-2,5-11H2/t12-,13+/m0/s1. The summed E-state index contributed by atoms with van der Waals surface area (Å²) in [4.78, 5) is 4.22. The van der Waals surface area contributed by atoms with Gasteiger partial charge in [-0.1, -0.05) is 0 Å². The number of halogens is 4. The lowest BCUT2D eigenvalue weighted by Gasteiger charge is -2.16. The van der Waals surface area contributed by atoms with Gasteiger partial charge in [0.25, 0.3) is 0 Å². The van der Waals surface area contributed by atoms with Gasteiger partial charge in [-0.3, -0.25) is 0 Å². The molecule has 26 heavy (non-hydrogen) atoms. The van der Waals surface area contributed by atoms with E-state index in [-0.39, 0.29) is 11.5 Å². The van der Waals surface area contributed by atoms with Crippen molar-refractivity contribution in [3.8, 4) is 0 Å². The van der Waals surface area contributed by atoms with Crippen LogP contribution in [0.5, 0.6) is 0 Å². The minimum Gasteiger partial charge on any atom is -0.370 e. The van der Waals surface area contributed by atoms with Gasteiger partial charge in [-0.05, 0) is 44.4 Å². The Morgan fingerprint density at radius 3 is 2.69 bits per heavy atom. The molecule has 0 amide bonds. The predicted molar refractivity (Wildman–Crippen MR) is 90.6 cm³/mol. The monoisotopic (exact) mass is 369 g/mol. The molecular weight excluding hydrogens is 346 g/mol. The van der Waals surface area contributed by atoms with Crippen LogP contribution in [0.2, 0.25) is 0 Å². The number of nitrogens with one attached hydrogen (secondary N) is 1. The van der Waals surface area contributed by atoms with Crippen molar-refractivity contribution >= 4 is 0 Å². The van der Waals surface area contributed by atoms with Gasteiger partial charge < -0.3 is 15.1 Å². The van der Waals surface area contributed by atoms with E-state index in [9.17, 15) is 17.6 Å². The van der Waals surface area contributed by atoms with Crippen molar-refractivity contribution in [3.05, 3.63) is 46.5 Å². The molecule has 0 saturated carbocycles. The van der Waals surface area contributed by atoms with Crippen molar-refractivity contribution < 1.29 is 17.6 Å². The highest BCUT2D eigenvalue weighted by Gasteiger charge is 2.36. The lowest BCUT2D eigenvalue weighted by Crippen LogP contribution is -2.24. The van der Waals surface area contributed by atoms with E-state index < -0.39 is 23.6 Å². The smallest absolute Gasteiger partial charge is 0.165 e. The molecule has 1 N–H and O–H groups in total. The summed E-state index contributed by atoms with van der Waals surface area (Å²) in [6.45, 7) is 3.29. The first-order valence-electron chi connectivity index (χ1n) is 9.23.